The number of aliphatic hydroxyl groups excluding tert-OH is 1. The van der Waals surface area contributed by atoms with E-state index in [2.05, 4.69) is 10.2 Å². The molecule has 1 aromatic rings. The molecule has 0 aliphatic carbocycles. The lowest BCUT2D eigenvalue weighted by atomic mass is 10.1. The summed E-state index contributed by atoms with van der Waals surface area (Å²) in [6.45, 7) is 4.84. The zero-order valence-electron chi connectivity index (χ0n) is 12.7. The maximum atomic E-state index is 13.3. The van der Waals surface area contributed by atoms with Gasteiger partial charge in [-0.15, -0.1) is 0 Å². The molecular weight excluding hydrogens is 307 g/mol. The highest BCUT2D eigenvalue weighted by Gasteiger charge is 2.16. The van der Waals surface area contributed by atoms with E-state index in [4.69, 9.17) is 11.6 Å². The Morgan fingerprint density at radius 3 is 2.82 bits per heavy atom. The van der Waals surface area contributed by atoms with Crippen LogP contribution in [0.2, 0.25) is 5.02 Å². The van der Waals surface area contributed by atoms with Gasteiger partial charge < -0.3 is 15.3 Å². The van der Waals surface area contributed by atoms with Crippen molar-refractivity contribution in [3.63, 3.8) is 0 Å². The Hall–Kier alpha value is -1.17. The predicted molar refractivity (Wildman–Crippen MR) is 84.8 cm³/mol. The number of aliphatic hydroxyl groups is 1. The van der Waals surface area contributed by atoms with Gasteiger partial charge >= 0.3 is 0 Å². The highest BCUT2D eigenvalue weighted by Crippen LogP contribution is 2.20. The molecule has 1 aliphatic heterocycles. The first-order valence-electron chi connectivity index (χ1n) is 7.61. The number of carbonyl (C=O) groups excluding carboxylic acids is 1. The first kappa shape index (κ1) is 17.2. The van der Waals surface area contributed by atoms with Crippen molar-refractivity contribution >= 4 is 17.5 Å². The minimum atomic E-state index is -0.408. The lowest BCUT2D eigenvalue weighted by Gasteiger charge is -2.29. The molecule has 0 atom stereocenters. The largest absolute Gasteiger partial charge is 0.393 e. The summed E-state index contributed by atoms with van der Waals surface area (Å²) in [6.07, 6.45) is 2.30. The third-order valence-electron chi connectivity index (χ3n) is 3.99. The van der Waals surface area contributed by atoms with Crippen LogP contribution < -0.4 is 5.32 Å². The lowest BCUT2D eigenvalue weighted by molar-refractivity contribution is 0.0816. The van der Waals surface area contributed by atoms with Gasteiger partial charge in [0.05, 0.1) is 16.7 Å². The second-order valence-corrected chi connectivity index (χ2v) is 6.17. The Labute approximate surface area is 135 Å². The van der Waals surface area contributed by atoms with E-state index < -0.39 is 5.82 Å². The molecule has 0 radical (unpaired) electrons. The molecule has 0 bridgehead atoms. The molecule has 1 amide bonds. The maximum Gasteiger partial charge on any atom is 0.252 e. The summed E-state index contributed by atoms with van der Waals surface area (Å²) in [5, 5.41) is 12.4. The fourth-order valence-corrected chi connectivity index (χ4v) is 2.81. The van der Waals surface area contributed by atoms with E-state index in [0.717, 1.165) is 38.9 Å². The van der Waals surface area contributed by atoms with Crippen LogP contribution in [0.5, 0.6) is 0 Å². The fraction of sp³-hybridized carbons (Fsp3) is 0.562. The summed E-state index contributed by atoms with van der Waals surface area (Å²) in [4.78, 5) is 14.3. The second kappa shape index (κ2) is 7.90. The van der Waals surface area contributed by atoms with Crippen LogP contribution >= 0.6 is 11.6 Å². The SMILES string of the molecule is Cc1cc(C(=O)NCCCN2CCC(O)CC2)c(Cl)cc1F. The molecule has 122 valence electrons. The average Bonchev–Trinajstić information content (AvgIpc) is 2.49. The van der Waals surface area contributed by atoms with Gasteiger partial charge in [-0.2, -0.15) is 0 Å². The molecule has 2 N–H and O–H groups in total. The molecule has 1 saturated heterocycles. The zero-order valence-corrected chi connectivity index (χ0v) is 13.5. The normalized spacial score (nSPS) is 16.7. The van der Waals surface area contributed by atoms with Crippen molar-refractivity contribution < 1.29 is 14.3 Å². The van der Waals surface area contributed by atoms with Crippen LogP contribution in [-0.2, 0) is 0 Å². The van der Waals surface area contributed by atoms with Gasteiger partial charge in [0.15, 0.2) is 0 Å². The molecular formula is C16H22ClFN2O2. The Morgan fingerprint density at radius 2 is 2.14 bits per heavy atom. The number of hydrogen-bond donors (Lipinski definition) is 2. The van der Waals surface area contributed by atoms with E-state index >= 15 is 0 Å². The number of nitrogens with zero attached hydrogens (tertiary/aromatic N) is 1. The van der Waals surface area contributed by atoms with Gasteiger partial charge in [0, 0.05) is 19.6 Å². The van der Waals surface area contributed by atoms with E-state index in [1.807, 2.05) is 0 Å². The highest BCUT2D eigenvalue weighted by atomic mass is 35.5. The van der Waals surface area contributed by atoms with Crippen molar-refractivity contribution in [3.05, 3.63) is 34.1 Å². The van der Waals surface area contributed by atoms with Crippen LogP contribution in [-0.4, -0.2) is 48.2 Å². The molecule has 4 nitrogen and oxygen atoms in total. The number of likely N-dealkylation sites (tertiary alicyclic amines) is 1. The number of carbonyl (C=O) groups is 1. The highest BCUT2D eigenvalue weighted by molar-refractivity contribution is 6.33. The van der Waals surface area contributed by atoms with E-state index in [1.54, 1.807) is 6.92 Å². The third kappa shape index (κ3) is 4.66. The minimum Gasteiger partial charge on any atom is -0.393 e. The smallest absolute Gasteiger partial charge is 0.252 e. The topological polar surface area (TPSA) is 52.6 Å². The molecule has 1 aliphatic rings. The van der Waals surface area contributed by atoms with Gasteiger partial charge in [0.2, 0.25) is 0 Å². The molecule has 1 aromatic carbocycles. The molecule has 0 saturated carbocycles. The first-order chi connectivity index (χ1) is 10.5. The van der Waals surface area contributed by atoms with E-state index in [1.165, 1.54) is 12.1 Å². The summed E-state index contributed by atoms with van der Waals surface area (Å²) >= 11 is 5.91. The van der Waals surface area contributed by atoms with Gasteiger partial charge in [-0.25, -0.2) is 4.39 Å². The zero-order chi connectivity index (χ0) is 16.1. The molecule has 0 unspecified atom stereocenters. The molecule has 1 fully saturated rings. The van der Waals surface area contributed by atoms with Crippen LogP contribution in [0.25, 0.3) is 0 Å². The molecule has 0 spiro atoms. The average molecular weight is 329 g/mol. The molecule has 1 heterocycles. The summed E-state index contributed by atoms with van der Waals surface area (Å²) in [6, 6.07) is 2.64. The monoisotopic (exact) mass is 328 g/mol. The number of halogens is 2. The van der Waals surface area contributed by atoms with Crippen LogP contribution in [0.1, 0.15) is 35.2 Å². The summed E-state index contributed by atoms with van der Waals surface area (Å²) < 4.78 is 13.3. The Balaban J connectivity index is 1.75. The number of rotatable bonds is 5. The standard InChI is InChI=1S/C16H22ClFN2O2/c1-11-9-13(14(17)10-15(11)18)16(22)19-5-2-6-20-7-3-12(21)4-8-20/h9-10,12,21H,2-8H2,1H3,(H,19,22). The number of nitrogens with one attached hydrogen (secondary N) is 1. The Bertz CT molecular complexity index is 531. The number of hydrogen-bond acceptors (Lipinski definition) is 3. The van der Waals surface area contributed by atoms with Crippen molar-refractivity contribution in [2.75, 3.05) is 26.2 Å². The molecule has 2 rings (SSSR count). The lowest BCUT2D eigenvalue weighted by Crippen LogP contribution is -2.37. The summed E-state index contributed by atoms with van der Waals surface area (Å²) in [7, 11) is 0. The van der Waals surface area contributed by atoms with Gasteiger partial charge in [-0.05, 0) is 50.4 Å². The second-order valence-electron chi connectivity index (χ2n) is 5.76. The van der Waals surface area contributed by atoms with Gasteiger partial charge in [-0.3, -0.25) is 4.79 Å². The number of aryl methyl sites for hydroxylation is 1. The van der Waals surface area contributed by atoms with E-state index in [0.29, 0.717) is 17.7 Å². The number of benzene rings is 1. The van der Waals surface area contributed by atoms with E-state index in [9.17, 15) is 14.3 Å². The van der Waals surface area contributed by atoms with Gasteiger partial charge in [0.1, 0.15) is 5.82 Å². The maximum absolute atomic E-state index is 13.3. The van der Waals surface area contributed by atoms with Crippen LogP contribution in [0.15, 0.2) is 12.1 Å². The minimum absolute atomic E-state index is 0.130. The third-order valence-corrected chi connectivity index (χ3v) is 4.30. The van der Waals surface area contributed by atoms with Gasteiger partial charge in [0.25, 0.3) is 5.91 Å². The van der Waals surface area contributed by atoms with Crippen molar-refractivity contribution in [2.45, 2.75) is 32.3 Å². The molecule has 22 heavy (non-hydrogen) atoms. The number of amides is 1. The Kier molecular flexibility index (Phi) is 6.17. The quantitative estimate of drug-likeness (QED) is 0.816. The van der Waals surface area contributed by atoms with Crippen molar-refractivity contribution in [1.82, 2.24) is 10.2 Å². The van der Waals surface area contributed by atoms with Crippen LogP contribution in [0.3, 0.4) is 0 Å². The molecule has 6 heteroatoms. The first-order valence-corrected chi connectivity index (χ1v) is 7.99. The molecule has 0 aromatic heterocycles. The Morgan fingerprint density at radius 1 is 1.45 bits per heavy atom. The van der Waals surface area contributed by atoms with E-state index in [-0.39, 0.29) is 17.0 Å². The van der Waals surface area contributed by atoms with Crippen molar-refractivity contribution in [2.24, 2.45) is 0 Å². The summed E-state index contributed by atoms with van der Waals surface area (Å²) in [5.41, 5.74) is 0.711. The summed E-state index contributed by atoms with van der Waals surface area (Å²) in [5.74, 6) is -0.684. The van der Waals surface area contributed by atoms with Crippen molar-refractivity contribution in [1.29, 1.82) is 0 Å². The van der Waals surface area contributed by atoms with Crippen molar-refractivity contribution in [3.8, 4) is 0 Å². The number of piperidine rings is 1. The van der Waals surface area contributed by atoms with Crippen LogP contribution in [0, 0.1) is 12.7 Å². The van der Waals surface area contributed by atoms with Gasteiger partial charge in [-0.1, -0.05) is 11.6 Å². The predicted octanol–water partition coefficient (Wildman–Crippen LogP) is 2.36. The fourth-order valence-electron chi connectivity index (χ4n) is 2.57. The van der Waals surface area contributed by atoms with Crippen LogP contribution in [0.4, 0.5) is 4.39 Å².